The van der Waals surface area contributed by atoms with E-state index in [1.807, 2.05) is 17.8 Å². The zero-order valence-corrected chi connectivity index (χ0v) is 14.2. The largest absolute Gasteiger partial charge is 0.481 e. The fourth-order valence-electron chi connectivity index (χ4n) is 2.37. The molecule has 1 aliphatic heterocycles. The number of nitrogens with one attached hydrogen (secondary N) is 1. The molecule has 126 valence electrons. The Labute approximate surface area is 145 Å². The average Bonchev–Trinajstić information content (AvgIpc) is 3.13. The van der Waals surface area contributed by atoms with Crippen molar-refractivity contribution in [2.75, 3.05) is 18.6 Å². The van der Waals surface area contributed by atoms with Gasteiger partial charge in [0.25, 0.3) is 5.91 Å². The van der Waals surface area contributed by atoms with Gasteiger partial charge in [0.05, 0.1) is 7.11 Å². The Morgan fingerprint density at radius 2 is 2.29 bits per heavy atom. The summed E-state index contributed by atoms with van der Waals surface area (Å²) >= 11 is 1.86. The molecule has 0 saturated carbocycles. The Balaban J connectivity index is 1.65. The molecular weight excluding hydrogens is 326 g/mol. The van der Waals surface area contributed by atoms with Crippen molar-refractivity contribution in [3.05, 3.63) is 47.8 Å². The van der Waals surface area contributed by atoms with Crippen LogP contribution in [-0.2, 0) is 6.54 Å². The van der Waals surface area contributed by atoms with E-state index in [0.717, 1.165) is 23.5 Å². The van der Waals surface area contributed by atoms with Gasteiger partial charge >= 0.3 is 0 Å². The number of methoxy groups -OCH3 is 1. The van der Waals surface area contributed by atoms with Crippen LogP contribution >= 0.6 is 11.8 Å². The Hall–Kier alpha value is -2.28. The number of pyridine rings is 2. The third kappa shape index (κ3) is 4.17. The Morgan fingerprint density at radius 3 is 3.08 bits per heavy atom. The van der Waals surface area contributed by atoms with Gasteiger partial charge in [-0.2, -0.15) is 11.8 Å². The van der Waals surface area contributed by atoms with Gasteiger partial charge in [-0.3, -0.25) is 4.79 Å². The molecule has 1 saturated heterocycles. The number of rotatable bonds is 6. The van der Waals surface area contributed by atoms with Gasteiger partial charge in [0.2, 0.25) is 11.8 Å². The number of ether oxygens (including phenoxy) is 2. The SMILES string of the molecule is COc1cc(CNC(=O)c2cccnc2OC2CCSC2)ccn1. The normalized spacial score (nSPS) is 16.6. The number of hydrogen-bond acceptors (Lipinski definition) is 6. The van der Waals surface area contributed by atoms with E-state index in [-0.39, 0.29) is 12.0 Å². The summed E-state index contributed by atoms with van der Waals surface area (Å²) in [6, 6.07) is 7.09. The molecule has 0 radical (unpaired) electrons. The van der Waals surface area contributed by atoms with E-state index in [2.05, 4.69) is 15.3 Å². The van der Waals surface area contributed by atoms with Gasteiger partial charge in [0.15, 0.2) is 0 Å². The number of amides is 1. The summed E-state index contributed by atoms with van der Waals surface area (Å²) in [5.74, 6) is 2.73. The van der Waals surface area contributed by atoms with Crippen LogP contribution in [0.5, 0.6) is 11.8 Å². The Morgan fingerprint density at radius 1 is 1.38 bits per heavy atom. The molecule has 2 aromatic heterocycles. The molecule has 1 unspecified atom stereocenters. The van der Waals surface area contributed by atoms with Crippen molar-refractivity contribution in [1.29, 1.82) is 0 Å². The summed E-state index contributed by atoms with van der Waals surface area (Å²) in [5.41, 5.74) is 1.36. The first-order valence-corrected chi connectivity index (χ1v) is 8.88. The highest BCUT2D eigenvalue weighted by atomic mass is 32.2. The summed E-state index contributed by atoms with van der Waals surface area (Å²) in [4.78, 5) is 20.8. The van der Waals surface area contributed by atoms with E-state index in [4.69, 9.17) is 9.47 Å². The van der Waals surface area contributed by atoms with Crippen LogP contribution in [0.15, 0.2) is 36.7 Å². The monoisotopic (exact) mass is 345 g/mol. The zero-order valence-electron chi connectivity index (χ0n) is 13.4. The van der Waals surface area contributed by atoms with Crippen molar-refractivity contribution in [3.63, 3.8) is 0 Å². The molecule has 1 N–H and O–H groups in total. The smallest absolute Gasteiger partial charge is 0.257 e. The van der Waals surface area contributed by atoms with Gasteiger partial charge in [-0.15, -0.1) is 0 Å². The lowest BCUT2D eigenvalue weighted by Gasteiger charge is -2.14. The second kappa shape index (κ2) is 8.01. The molecule has 1 fully saturated rings. The van der Waals surface area contributed by atoms with Crippen molar-refractivity contribution < 1.29 is 14.3 Å². The molecule has 6 nitrogen and oxygen atoms in total. The first-order valence-electron chi connectivity index (χ1n) is 7.73. The van der Waals surface area contributed by atoms with Crippen molar-refractivity contribution in [2.24, 2.45) is 0 Å². The van der Waals surface area contributed by atoms with E-state index in [9.17, 15) is 4.79 Å². The second-order valence-corrected chi connectivity index (χ2v) is 6.50. The molecule has 1 aliphatic rings. The van der Waals surface area contributed by atoms with Gasteiger partial charge < -0.3 is 14.8 Å². The van der Waals surface area contributed by atoms with Gasteiger partial charge in [-0.05, 0) is 35.9 Å². The molecule has 1 amide bonds. The van der Waals surface area contributed by atoms with E-state index < -0.39 is 0 Å². The van der Waals surface area contributed by atoms with Crippen LogP contribution in [0.4, 0.5) is 0 Å². The third-order valence-electron chi connectivity index (χ3n) is 3.64. The molecule has 3 rings (SSSR count). The molecule has 0 aliphatic carbocycles. The quantitative estimate of drug-likeness (QED) is 0.866. The lowest BCUT2D eigenvalue weighted by molar-refractivity contribution is 0.0943. The van der Waals surface area contributed by atoms with Crippen molar-refractivity contribution in [2.45, 2.75) is 19.1 Å². The molecular formula is C17H19N3O3S. The highest BCUT2D eigenvalue weighted by molar-refractivity contribution is 7.99. The summed E-state index contributed by atoms with van der Waals surface area (Å²) in [7, 11) is 1.56. The van der Waals surface area contributed by atoms with Gasteiger partial charge in [0.1, 0.15) is 11.7 Å². The molecule has 1 atom stereocenters. The van der Waals surface area contributed by atoms with E-state index >= 15 is 0 Å². The lowest BCUT2D eigenvalue weighted by atomic mass is 10.2. The predicted molar refractivity (Wildman–Crippen MR) is 92.6 cm³/mol. The number of nitrogens with zero attached hydrogens (tertiary/aromatic N) is 2. The van der Waals surface area contributed by atoms with E-state index in [1.165, 1.54) is 0 Å². The Kier molecular flexibility index (Phi) is 5.53. The fraction of sp³-hybridized carbons (Fsp3) is 0.353. The lowest BCUT2D eigenvalue weighted by Crippen LogP contribution is -2.25. The van der Waals surface area contributed by atoms with Crippen LogP contribution in [0.25, 0.3) is 0 Å². The second-order valence-electron chi connectivity index (χ2n) is 5.35. The molecule has 24 heavy (non-hydrogen) atoms. The maximum absolute atomic E-state index is 12.5. The summed E-state index contributed by atoms with van der Waals surface area (Å²) in [5, 5.41) is 2.88. The van der Waals surface area contributed by atoms with Crippen molar-refractivity contribution >= 4 is 17.7 Å². The predicted octanol–water partition coefficient (Wildman–Crippen LogP) is 2.30. The van der Waals surface area contributed by atoms with Crippen LogP contribution in [0.3, 0.4) is 0 Å². The van der Waals surface area contributed by atoms with Gasteiger partial charge in [-0.25, -0.2) is 9.97 Å². The minimum atomic E-state index is -0.209. The standard InChI is InChI=1S/C17H19N3O3S/c1-22-15-9-12(4-7-18-15)10-20-16(21)14-3-2-6-19-17(14)23-13-5-8-24-11-13/h2-4,6-7,9,13H,5,8,10-11H2,1H3,(H,20,21). The molecule has 0 aromatic carbocycles. The first kappa shape index (κ1) is 16.6. The minimum absolute atomic E-state index is 0.126. The van der Waals surface area contributed by atoms with Crippen LogP contribution < -0.4 is 14.8 Å². The van der Waals surface area contributed by atoms with E-state index in [1.54, 1.807) is 37.7 Å². The topological polar surface area (TPSA) is 73.3 Å². The first-order chi connectivity index (χ1) is 11.8. The van der Waals surface area contributed by atoms with Gasteiger partial charge in [-0.1, -0.05) is 0 Å². The summed E-state index contributed by atoms with van der Waals surface area (Å²) < 4.78 is 11.0. The maximum atomic E-state index is 12.5. The summed E-state index contributed by atoms with van der Waals surface area (Å²) in [6.45, 7) is 0.380. The Bertz CT molecular complexity index is 705. The molecule has 7 heteroatoms. The number of thioether (sulfide) groups is 1. The highest BCUT2D eigenvalue weighted by Crippen LogP contribution is 2.24. The molecule has 3 heterocycles. The zero-order chi connectivity index (χ0) is 16.8. The van der Waals surface area contributed by atoms with Gasteiger partial charge in [0, 0.05) is 30.8 Å². The van der Waals surface area contributed by atoms with E-state index in [0.29, 0.717) is 23.9 Å². The summed E-state index contributed by atoms with van der Waals surface area (Å²) in [6.07, 6.45) is 4.40. The number of hydrogen-bond donors (Lipinski definition) is 1. The highest BCUT2D eigenvalue weighted by Gasteiger charge is 2.21. The minimum Gasteiger partial charge on any atom is -0.481 e. The number of aromatic nitrogens is 2. The van der Waals surface area contributed by atoms with Crippen LogP contribution in [-0.4, -0.2) is 40.6 Å². The number of carbonyl (C=O) groups excluding carboxylic acids is 1. The molecule has 0 bridgehead atoms. The molecule has 2 aromatic rings. The van der Waals surface area contributed by atoms with Crippen LogP contribution in [0.1, 0.15) is 22.3 Å². The fourth-order valence-corrected chi connectivity index (χ4v) is 3.46. The maximum Gasteiger partial charge on any atom is 0.257 e. The van der Waals surface area contributed by atoms with Crippen molar-refractivity contribution in [3.8, 4) is 11.8 Å². The number of carbonyl (C=O) groups is 1. The average molecular weight is 345 g/mol. The van der Waals surface area contributed by atoms with Crippen LogP contribution in [0, 0.1) is 0 Å². The molecule has 0 spiro atoms. The van der Waals surface area contributed by atoms with Crippen LogP contribution in [0.2, 0.25) is 0 Å². The third-order valence-corrected chi connectivity index (χ3v) is 4.78. The van der Waals surface area contributed by atoms with Crippen molar-refractivity contribution in [1.82, 2.24) is 15.3 Å².